The summed E-state index contributed by atoms with van der Waals surface area (Å²) >= 11 is 0. The third-order valence-electron chi connectivity index (χ3n) is 3.31. The number of Topliss-reactive ketones (excluding diaryl/α,β-unsaturated/α-hetero) is 1. The average molecular weight is 328 g/mol. The van der Waals surface area contributed by atoms with Gasteiger partial charge in [-0.1, -0.05) is 19.1 Å². The number of carbonyl (C=O) groups is 2. The van der Waals surface area contributed by atoms with Gasteiger partial charge in [0, 0.05) is 17.4 Å². The van der Waals surface area contributed by atoms with Gasteiger partial charge in [0.1, 0.15) is 6.54 Å². The van der Waals surface area contributed by atoms with Gasteiger partial charge in [0.05, 0.1) is 6.61 Å². The molecule has 0 unspecified atom stereocenters. The summed E-state index contributed by atoms with van der Waals surface area (Å²) in [5.41, 5.74) is 0.678. The molecule has 0 saturated heterocycles. The molecule has 1 aromatic heterocycles. The highest BCUT2D eigenvalue weighted by Crippen LogP contribution is 2.11. The number of carbonyl (C=O) groups excluding carboxylic acids is 2. The molecule has 0 saturated carbocycles. The van der Waals surface area contributed by atoms with Crippen LogP contribution in [0.3, 0.4) is 0 Å². The number of nitrogens with zero attached hydrogens (tertiary/aromatic N) is 1. The standard InChI is InChI=1S/C18H20N2O4/c1-3-10-24-16-8-5-9-20(18(16)23)12-17(22)19-15-7-4-6-14(11-15)13(2)21/h4-9,11H,3,10,12H2,1-2H3,(H,19,22). The quantitative estimate of drug-likeness (QED) is 0.792. The van der Waals surface area contributed by atoms with Gasteiger partial charge in [-0.3, -0.25) is 14.4 Å². The summed E-state index contributed by atoms with van der Waals surface area (Å²) < 4.78 is 6.65. The van der Waals surface area contributed by atoms with Crippen molar-refractivity contribution in [1.82, 2.24) is 4.57 Å². The topological polar surface area (TPSA) is 77.4 Å². The van der Waals surface area contributed by atoms with Crippen LogP contribution >= 0.6 is 0 Å². The summed E-state index contributed by atoms with van der Waals surface area (Å²) in [4.78, 5) is 35.7. The molecular formula is C18H20N2O4. The van der Waals surface area contributed by atoms with Crippen LogP contribution in [0.25, 0.3) is 0 Å². The number of nitrogens with one attached hydrogen (secondary N) is 1. The van der Waals surface area contributed by atoms with Gasteiger partial charge in [-0.05, 0) is 37.6 Å². The van der Waals surface area contributed by atoms with Crippen LogP contribution in [0.2, 0.25) is 0 Å². The fraction of sp³-hybridized carbons (Fsp3) is 0.278. The first-order valence-corrected chi connectivity index (χ1v) is 7.74. The first-order chi connectivity index (χ1) is 11.5. The van der Waals surface area contributed by atoms with Gasteiger partial charge in [-0.25, -0.2) is 0 Å². The average Bonchev–Trinajstić information content (AvgIpc) is 2.56. The molecule has 0 aliphatic rings. The molecule has 1 amide bonds. The number of anilines is 1. The molecule has 0 fully saturated rings. The maximum Gasteiger partial charge on any atom is 0.293 e. The van der Waals surface area contributed by atoms with Crippen molar-refractivity contribution >= 4 is 17.4 Å². The minimum absolute atomic E-state index is 0.0805. The van der Waals surface area contributed by atoms with Crippen LogP contribution in [0.1, 0.15) is 30.6 Å². The number of ether oxygens (including phenoxy) is 1. The SMILES string of the molecule is CCCOc1cccn(CC(=O)Nc2cccc(C(C)=O)c2)c1=O. The van der Waals surface area contributed by atoms with Gasteiger partial charge in [0.15, 0.2) is 11.5 Å². The molecule has 2 aromatic rings. The molecule has 0 aliphatic carbocycles. The fourth-order valence-corrected chi connectivity index (χ4v) is 2.13. The number of ketones is 1. The fourth-order valence-electron chi connectivity index (χ4n) is 2.13. The van der Waals surface area contributed by atoms with Gasteiger partial charge < -0.3 is 14.6 Å². The van der Waals surface area contributed by atoms with E-state index < -0.39 is 0 Å². The van der Waals surface area contributed by atoms with E-state index in [1.807, 2.05) is 6.92 Å². The van der Waals surface area contributed by atoms with Crippen LogP contribution in [0.4, 0.5) is 5.69 Å². The smallest absolute Gasteiger partial charge is 0.293 e. The summed E-state index contributed by atoms with van der Waals surface area (Å²) in [6, 6.07) is 9.91. The van der Waals surface area contributed by atoms with Gasteiger partial charge in [0.2, 0.25) is 5.91 Å². The Labute approximate surface area is 140 Å². The minimum Gasteiger partial charge on any atom is -0.488 e. The third-order valence-corrected chi connectivity index (χ3v) is 3.31. The Morgan fingerprint density at radius 1 is 1.21 bits per heavy atom. The van der Waals surface area contributed by atoms with Crippen molar-refractivity contribution in [1.29, 1.82) is 0 Å². The molecule has 1 N–H and O–H groups in total. The maximum atomic E-state index is 12.2. The Morgan fingerprint density at radius 3 is 2.71 bits per heavy atom. The van der Waals surface area contributed by atoms with Crippen LogP contribution in [-0.4, -0.2) is 22.9 Å². The van der Waals surface area contributed by atoms with E-state index in [1.165, 1.54) is 17.7 Å². The van der Waals surface area contributed by atoms with Gasteiger partial charge in [0.25, 0.3) is 5.56 Å². The van der Waals surface area contributed by atoms with Crippen molar-refractivity contribution in [2.24, 2.45) is 0 Å². The first-order valence-electron chi connectivity index (χ1n) is 7.74. The molecular weight excluding hydrogens is 308 g/mol. The molecule has 0 atom stereocenters. The highest BCUT2D eigenvalue weighted by molar-refractivity contribution is 5.97. The van der Waals surface area contributed by atoms with Crippen LogP contribution in [-0.2, 0) is 11.3 Å². The Balaban J connectivity index is 2.09. The Hall–Kier alpha value is -2.89. The molecule has 0 radical (unpaired) electrons. The van der Waals surface area contributed by atoms with E-state index in [2.05, 4.69) is 5.32 Å². The number of rotatable bonds is 7. The van der Waals surface area contributed by atoms with E-state index in [1.54, 1.807) is 36.4 Å². The van der Waals surface area contributed by atoms with Gasteiger partial charge >= 0.3 is 0 Å². The summed E-state index contributed by atoms with van der Waals surface area (Å²) in [5, 5.41) is 2.68. The molecule has 126 valence electrons. The number of amides is 1. The number of hydrogen-bond acceptors (Lipinski definition) is 4. The van der Waals surface area contributed by atoms with Crippen molar-refractivity contribution in [3.63, 3.8) is 0 Å². The number of benzene rings is 1. The lowest BCUT2D eigenvalue weighted by Gasteiger charge is -2.10. The Bertz CT molecular complexity index is 796. The first kappa shape index (κ1) is 17.5. The van der Waals surface area contributed by atoms with Crippen molar-refractivity contribution in [3.8, 4) is 5.75 Å². The van der Waals surface area contributed by atoms with E-state index in [0.717, 1.165) is 6.42 Å². The monoisotopic (exact) mass is 328 g/mol. The van der Waals surface area contributed by atoms with Crippen molar-refractivity contribution < 1.29 is 14.3 Å². The number of hydrogen-bond donors (Lipinski definition) is 1. The zero-order chi connectivity index (χ0) is 17.5. The summed E-state index contributed by atoms with van der Waals surface area (Å²) in [6.07, 6.45) is 2.33. The van der Waals surface area contributed by atoms with Gasteiger partial charge in [-0.15, -0.1) is 0 Å². The second-order valence-electron chi connectivity index (χ2n) is 5.34. The minimum atomic E-state index is -0.356. The van der Waals surface area contributed by atoms with Crippen LogP contribution < -0.4 is 15.6 Å². The normalized spacial score (nSPS) is 10.2. The van der Waals surface area contributed by atoms with Crippen LogP contribution in [0.15, 0.2) is 47.4 Å². The van der Waals surface area contributed by atoms with E-state index in [4.69, 9.17) is 4.74 Å². The number of pyridine rings is 1. The van der Waals surface area contributed by atoms with E-state index >= 15 is 0 Å². The largest absolute Gasteiger partial charge is 0.488 e. The molecule has 0 aliphatic heterocycles. The third kappa shape index (κ3) is 4.55. The summed E-state index contributed by atoms with van der Waals surface area (Å²) in [7, 11) is 0. The van der Waals surface area contributed by atoms with Crippen molar-refractivity contribution in [3.05, 3.63) is 58.5 Å². The van der Waals surface area contributed by atoms with Crippen LogP contribution in [0, 0.1) is 0 Å². The predicted molar refractivity (Wildman–Crippen MR) is 91.6 cm³/mol. The molecule has 6 heteroatoms. The zero-order valence-electron chi connectivity index (χ0n) is 13.7. The van der Waals surface area contributed by atoms with E-state index in [0.29, 0.717) is 17.9 Å². The highest BCUT2D eigenvalue weighted by Gasteiger charge is 2.09. The summed E-state index contributed by atoms with van der Waals surface area (Å²) in [5.74, 6) is -0.209. The maximum absolute atomic E-state index is 12.2. The molecule has 2 rings (SSSR count). The van der Waals surface area contributed by atoms with Crippen molar-refractivity contribution in [2.75, 3.05) is 11.9 Å². The molecule has 0 bridgehead atoms. The molecule has 0 spiro atoms. The lowest BCUT2D eigenvalue weighted by Crippen LogP contribution is -2.28. The van der Waals surface area contributed by atoms with E-state index in [9.17, 15) is 14.4 Å². The second-order valence-corrected chi connectivity index (χ2v) is 5.34. The Morgan fingerprint density at radius 2 is 2.00 bits per heavy atom. The molecule has 6 nitrogen and oxygen atoms in total. The zero-order valence-corrected chi connectivity index (χ0v) is 13.7. The number of aromatic nitrogens is 1. The summed E-state index contributed by atoms with van der Waals surface area (Å²) in [6.45, 7) is 3.72. The molecule has 1 heterocycles. The lowest BCUT2D eigenvalue weighted by atomic mass is 10.1. The predicted octanol–water partition coefficient (Wildman–Crippen LogP) is 2.48. The second kappa shape index (κ2) is 8.10. The Kier molecular flexibility index (Phi) is 5.89. The molecule has 1 aromatic carbocycles. The van der Waals surface area contributed by atoms with Crippen molar-refractivity contribution in [2.45, 2.75) is 26.8 Å². The lowest BCUT2D eigenvalue weighted by molar-refractivity contribution is -0.116. The van der Waals surface area contributed by atoms with Gasteiger partial charge in [-0.2, -0.15) is 0 Å². The highest BCUT2D eigenvalue weighted by atomic mass is 16.5. The van der Waals surface area contributed by atoms with E-state index in [-0.39, 0.29) is 29.5 Å². The molecule has 24 heavy (non-hydrogen) atoms. The van der Waals surface area contributed by atoms with Crippen LogP contribution in [0.5, 0.6) is 5.75 Å².